The van der Waals surface area contributed by atoms with Crippen molar-refractivity contribution < 1.29 is 18.0 Å². The van der Waals surface area contributed by atoms with Gasteiger partial charge in [0.1, 0.15) is 0 Å². The zero-order valence-corrected chi connectivity index (χ0v) is 17.3. The van der Waals surface area contributed by atoms with Gasteiger partial charge in [0, 0.05) is 37.6 Å². The predicted molar refractivity (Wildman–Crippen MR) is 107 cm³/mol. The van der Waals surface area contributed by atoms with Crippen LogP contribution in [-0.2, 0) is 16.7 Å². The minimum Gasteiger partial charge on any atom is -0.381 e. The Morgan fingerprint density at radius 3 is 2.70 bits per heavy atom. The highest BCUT2D eigenvalue weighted by Crippen LogP contribution is 2.46. The third-order valence-corrected chi connectivity index (χ3v) is 6.91. The first-order valence-electron chi connectivity index (χ1n) is 11.2. The molecule has 5 nitrogen and oxygen atoms in total. The average Bonchev–Trinajstić information content (AvgIpc) is 3.41. The molecule has 0 radical (unpaired) electrons. The molecule has 1 saturated carbocycles. The van der Waals surface area contributed by atoms with Gasteiger partial charge in [0.2, 0.25) is 5.89 Å². The van der Waals surface area contributed by atoms with Crippen molar-refractivity contribution in [2.45, 2.75) is 62.8 Å². The Bertz CT molecular complexity index is 879. The van der Waals surface area contributed by atoms with Crippen LogP contribution in [0.1, 0.15) is 68.1 Å². The smallest absolute Gasteiger partial charge is 0.229 e. The summed E-state index contributed by atoms with van der Waals surface area (Å²) >= 11 is 0. The molecular formula is C23H29F2N3O2. The molecule has 1 atom stereocenters. The van der Waals surface area contributed by atoms with E-state index >= 15 is 0 Å². The van der Waals surface area contributed by atoms with Crippen molar-refractivity contribution in [2.75, 3.05) is 26.3 Å². The van der Waals surface area contributed by atoms with Gasteiger partial charge in [-0.3, -0.25) is 4.90 Å². The van der Waals surface area contributed by atoms with Gasteiger partial charge in [0.25, 0.3) is 0 Å². The molecule has 5 rings (SSSR count). The molecule has 1 aromatic heterocycles. The Balaban J connectivity index is 1.36. The van der Waals surface area contributed by atoms with Crippen LogP contribution in [0.15, 0.2) is 22.7 Å². The number of hydrogen-bond donors (Lipinski definition) is 0. The Morgan fingerprint density at radius 1 is 1.10 bits per heavy atom. The molecular weight excluding hydrogens is 388 g/mol. The van der Waals surface area contributed by atoms with Gasteiger partial charge in [-0.25, -0.2) is 8.78 Å². The highest BCUT2D eigenvalue weighted by Gasteiger charge is 2.45. The first-order valence-corrected chi connectivity index (χ1v) is 11.2. The highest BCUT2D eigenvalue weighted by atomic mass is 19.2. The topological polar surface area (TPSA) is 51.4 Å². The molecule has 2 saturated heterocycles. The van der Waals surface area contributed by atoms with Gasteiger partial charge >= 0.3 is 0 Å². The molecule has 0 amide bonds. The van der Waals surface area contributed by atoms with Crippen LogP contribution < -0.4 is 0 Å². The van der Waals surface area contributed by atoms with Crippen LogP contribution in [0.3, 0.4) is 0 Å². The maximum atomic E-state index is 13.7. The number of hydrogen-bond acceptors (Lipinski definition) is 5. The van der Waals surface area contributed by atoms with E-state index < -0.39 is 11.6 Å². The summed E-state index contributed by atoms with van der Waals surface area (Å²) < 4.78 is 38.2. The van der Waals surface area contributed by atoms with E-state index in [2.05, 4.69) is 10.1 Å². The van der Waals surface area contributed by atoms with Gasteiger partial charge in [-0.05, 0) is 62.3 Å². The number of aromatic nitrogens is 2. The third-order valence-electron chi connectivity index (χ3n) is 6.91. The largest absolute Gasteiger partial charge is 0.381 e. The maximum absolute atomic E-state index is 13.7. The lowest BCUT2D eigenvalue weighted by molar-refractivity contribution is 0.0778. The monoisotopic (exact) mass is 417 g/mol. The van der Waals surface area contributed by atoms with Crippen molar-refractivity contribution in [3.05, 3.63) is 47.1 Å². The van der Waals surface area contributed by atoms with Gasteiger partial charge in [0.05, 0.1) is 0 Å². The van der Waals surface area contributed by atoms with Gasteiger partial charge in [-0.15, -0.1) is 0 Å². The van der Waals surface area contributed by atoms with Crippen LogP contribution in [0.25, 0.3) is 0 Å². The van der Waals surface area contributed by atoms with Gasteiger partial charge < -0.3 is 9.26 Å². The predicted octanol–water partition coefficient (Wildman–Crippen LogP) is 4.58. The van der Waals surface area contributed by atoms with Crippen LogP contribution in [0, 0.1) is 17.6 Å². The fourth-order valence-electron chi connectivity index (χ4n) is 5.13. The van der Waals surface area contributed by atoms with Crippen LogP contribution in [-0.4, -0.2) is 41.3 Å². The second-order valence-corrected chi connectivity index (χ2v) is 9.33. The molecule has 2 aromatic rings. The van der Waals surface area contributed by atoms with Crippen LogP contribution >= 0.6 is 0 Å². The molecule has 0 N–H and O–H groups in total. The minimum atomic E-state index is -0.798. The molecule has 7 heteroatoms. The van der Waals surface area contributed by atoms with E-state index in [1.54, 1.807) is 6.07 Å². The number of halogens is 2. The minimum absolute atomic E-state index is 0.120. The van der Waals surface area contributed by atoms with Crippen molar-refractivity contribution in [3.8, 4) is 0 Å². The van der Waals surface area contributed by atoms with E-state index in [4.69, 9.17) is 14.2 Å². The van der Waals surface area contributed by atoms with Crippen molar-refractivity contribution in [1.82, 2.24) is 15.0 Å². The second-order valence-electron chi connectivity index (χ2n) is 9.33. The SMILES string of the molecule is Fc1ccc(CN2CCCC(CC3CC3)(c3noc(C4CCOCC4)n3)C2)cc1F. The van der Waals surface area contributed by atoms with E-state index in [-0.39, 0.29) is 5.41 Å². The molecule has 3 heterocycles. The molecule has 1 aliphatic carbocycles. The molecule has 1 unspecified atom stereocenters. The normalized spacial score (nSPS) is 26.2. The first-order chi connectivity index (χ1) is 14.6. The van der Waals surface area contributed by atoms with Crippen molar-refractivity contribution in [3.63, 3.8) is 0 Å². The lowest BCUT2D eigenvalue weighted by Crippen LogP contribution is -2.46. The third kappa shape index (κ3) is 4.28. The number of benzene rings is 1. The van der Waals surface area contributed by atoms with Crippen molar-refractivity contribution in [1.29, 1.82) is 0 Å². The fraction of sp³-hybridized carbons (Fsp3) is 0.652. The Labute approximate surface area is 175 Å². The standard InChI is InChI=1S/C23H29F2N3O2/c24-19-5-4-17(12-20(19)25)14-28-9-1-8-23(15-28,13-16-2-3-16)22-26-21(30-27-22)18-6-10-29-11-7-18/h4-5,12,16,18H,1-3,6-11,13-15H2. The zero-order chi connectivity index (χ0) is 20.6. The van der Waals surface area contributed by atoms with Gasteiger partial charge in [-0.1, -0.05) is 24.1 Å². The quantitative estimate of drug-likeness (QED) is 0.689. The summed E-state index contributed by atoms with van der Waals surface area (Å²) in [4.78, 5) is 7.24. The van der Waals surface area contributed by atoms with E-state index in [1.165, 1.54) is 25.0 Å². The Kier molecular flexibility index (Phi) is 5.58. The number of ether oxygens (including phenoxy) is 1. The highest BCUT2D eigenvalue weighted by molar-refractivity contribution is 5.19. The van der Waals surface area contributed by atoms with Crippen molar-refractivity contribution in [2.24, 2.45) is 5.92 Å². The summed E-state index contributed by atoms with van der Waals surface area (Å²) in [6.45, 7) is 3.87. The number of piperidine rings is 1. The Hall–Kier alpha value is -1.86. The Morgan fingerprint density at radius 2 is 1.93 bits per heavy atom. The van der Waals surface area contributed by atoms with Crippen LogP contribution in [0.5, 0.6) is 0 Å². The van der Waals surface area contributed by atoms with E-state index in [9.17, 15) is 8.78 Å². The van der Waals surface area contributed by atoms with Gasteiger partial charge in [-0.2, -0.15) is 4.98 Å². The molecule has 0 spiro atoms. The molecule has 162 valence electrons. The lowest BCUT2D eigenvalue weighted by atomic mass is 9.74. The zero-order valence-electron chi connectivity index (χ0n) is 17.3. The van der Waals surface area contributed by atoms with Crippen molar-refractivity contribution >= 4 is 0 Å². The van der Waals surface area contributed by atoms with E-state index in [1.807, 2.05) is 0 Å². The van der Waals surface area contributed by atoms with E-state index in [0.717, 1.165) is 81.6 Å². The summed E-state index contributed by atoms with van der Waals surface area (Å²) in [5.74, 6) is 1.03. The summed E-state index contributed by atoms with van der Waals surface area (Å²) in [6.07, 6.45) is 7.57. The summed E-state index contributed by atoms with van der Waals surface area (Å²) in [7, 11) is 0. The molecule has 0 bridgehead atoms. The number of nitrogens with zero attached hydrogens (tertiary/aromatic N) is 3. The molecule has 3 fully saturated rings. The van der Waals surface area contributed by atoms with E-state index in [0.29, 0.717) is 12.5 Å². The molecule has 3 aliphatic rings. The molecule has 30 heavy (non-hydrogen) atoms. The first kappa shape index (κ1) is 20.1. The maximum Gasteiger partial charge on any atom is 0.229 e. The molecule has 1 aromatic carbocycles. The number of rotatable bonds is 6. The summed E-state index contributed by atoms with van der Waals surface area (Å²) in [5, 5.41) is 4.47. The number of likely N-dealkylation sites (tertiary alicyclic amines) is 1. The van der Waals surface area contributed by atoms with Crippen LogP contribution in [0.4, 0.5) is 8.78 Å². The van der Waals surface area contributed by atoms with Gasteiger partial charge in [0.15, 0.2) is 17.5 Å². The second kappa shape index (κ2) is 8.35. The summed E-state index contributed by atoms with van der Waals surface area (Å²) in [6, 6.07) is 4.20. The van der Waals surface area contributed by atoms with Crippen LogP contribution in [0.2, 0.25) is 0 Å². The lowest BCUT2D eigenvalue weighted by Gasteiger charge is -2.41. The fourth-order valence-corrected chi connectivity index (χ4v) is 5.13. The average molecular weight is 418 g/mol. The molecule has 2 aliphatic heterocycles. The summed E-state index contributed by atoms with van der Waals surface area (Å²) in [5.41, 5.74) is 0.678.